The van der Waals surface area contributed by atoms with Gasteiger partial charge in [-0.15, -0.1) is 0 Å². The van der Waals surface area contributed by atoms with Crippen molar-refractivity contribution in [2.45, 2.75) is 31.7 Å². The Balaban J connectivity index is 1.66. The fourth-order valence-corrected chi connectivity index (χ4v) is 5.22. The highest BCUT2D eigenvalue weighted by molar-refractivity contribution is 6.05. The van der Waals surface area contributed by atoms with Crippen LogP contribution in [-0.2, 0) is 17.6 Å². The highest BCUT2D eigenvalue weighted by Crippen LogP contribution is 2.48. The van der Waals surface area contributed by atoms with Crippen molar-refractivity contribution in [2.75, 3.05) is 26.1 Å². The summed E-state index contributed by atoms with van der Waals surface area (Å²) in [6.45, 7) is 2.64. The molecule has 2 aliphatic rings. The molecule has 0 saturated carbocycles. The van der Waals surface area contributed by atoms with Gasteiger partial charge in [0.2, 0.25) is 5.91 Å². The second-order valence-electron chi connectivity index (χ2n) is 8.71. The molecule has 2 heterocycles. The normalized spacial score (nSPS) is 18.4. The molecule has 5 rings (SSSR count). The Kier molecular flexibility index (Phi) is 5.74. The summed E-state index contributed by atoms with van der Waals surface area (Å²) in [6, 6.07) is 19.1. The number of carbonyl (C=O) groups excluding carboxylic acids is 2. The molecule has 6 heteroatoms. The van der Waals surface area contributed by atoms with E-state index in [9.17, 15) is 9.59 Å². The number of benzene rings is 3. The predicted octanol–water partition coefficient (Wildman–Crippen LogP) is 4.74. The van der Waals surface area contributed by atoms with Gasteiger partial charge >= 0.3 is 0 Å². The van der Waals surface area contributed by atoms with E-state index in [0.29, 0.717) is 29.2 Å². The average molecular weight is 457 g/mol. The number of nitrogens with one attached hydrogen (secondary N) is 1. The standard InChI is InChI=1S/C28H28N2O4/c1-4-17-8-7-10-19(14-17)29-27(31)25-21-15-23(33-2)24(34-3)16-22(21)28(32)30-13-12-18-9-5-6-11-20(18)26(25)30/h5-11,14-16,25-26H,4,12-13H2,1-3H3,(H,29,31)/t25-,26-/m0/s1. The summed E-state index contributed by atoms with van der Waals surface area (Å²) in [7, 11) is 3.10. The van der Waals surface area contributed by atoms with E-state index in [1.807, 2.05) is 47.4 Å². The molecule has 2 atom stereocenters. The zero-order valence-corrected chi connectivity index (χ0v) is 19.6. The van der Waals surface area contributed by atoms with Crippen molar-refractivity contribution < 1.29 is 19.1 Å². The number of nitrogens with zero attached hydrogens (tertiary/aromatic N) is 1. The molecule has 6 nitrogen and oxygen atoms in total. The first-order valence-electron chi connectivity index (χ1n) is 11.6. The van der Waals surface area contributed by atoms with Crippen molar-refractivity contribution in [1.29, 1.82) is 0 Å². The number of amides is 2. The molecule has 0 spiro atoms. The van der Waals surface area contributed by atoms with E-state index in [1.54, 1.807) is 26.4 Å². The zero-order chi connectivity index (χ0) is 23.8. The monoisotopic (exact) mass is 456 g/mol. The highest BCUT2D eigenvalue weighted by Gasteiger charge is 2.47. The largest absolute Gasteiger partial charge is 0.493 e. The third kappa shape index (κ3) is 3.59. The van der Waals surface area contributed by atoms with Crippen LogP contribution in [0.1, 0.15) is 51.5 Å². The molecule has 34 heavy (non-hydrogen) atoms. The lowest BCUT2D eigenvalue weighted by Crippen LogP contribution is -2.49. The van der Waals surface area contributed by atoms with Crippen LogP contribution in [0.5, 0.6) is 11.5 Å². The number of fused-ring (bicyclic) bond motifs is 4. The number of anilines is 1. The number of rotatable bonds is 5. The molecule has 0 bridgehead atoms. The Morgan fingerprint density at radius 3 is 2.53 bits per heavy atom. The Bertz CT molecular complexity index is 1270. The van der Waals surface area contributed by atoms with Crippen molar-refractivity contribution in [3.05, 3.63) is 88.5 Å². The van der Waals surface area contributed by atoms with Gasteiger partial charge < -0.3 is 19.7 Å². The van der Waals surface area contributed by atoms with Crippen LogP contribution in [0.15, 0.2) is 60.7 Å². The smallest absolute Gasteiger partial charge is 0.254 e. The van der Waals surface area contributed by atoms with E-state index in [4.69, 9.17) is 9.47 Å². The molecule has 3 aromatic carbocycles. The van der Waals surface area contributed by atoms with Gasteiger partial charge in [0, 0.05) is 17.8 Å². The number of ether oxygens (including phenoxy) is 2. The molecule has 0 radical (unpaired) electrons. The fraction of sp³-hybridized carbons (Fsp3) is 0.286. The molecular weight excluding hydrogens is 428 g/mol. The third-order valence-corrected chi connectivity index (χ3v) is 6.91. The number of hydrogen-bond acceptors (Lipinski definition) is 4. The number of carbonyl (C=O) groups is 2. The van der Waals surface area contributed by atoms with Crippen molar-refractivity contribution in [3.63, 3.8) is 0 Å². The topological polar surface area (TPSA) is 67.9 Å². The Morgan fingerprint density at radius 1 is 1.00 bits per heavy atom. The van der Waals surface area contributed by atoms with Crippen LogP contribution < -0.4 is 14.8 Å². The molecule has 3 aromatic rings. The van der Waals surface area contributed by atoms with Crippen molar-refractivity contribution in [1.82, 2.24) is 4.90 Å². The summed E-state index contributed by atoms with van der Waals surface area (Å²) in [5, 5.41) is 3.12. The minimum Gasteiger partial charge on any atom is -0.493 e. The van der Waals surface area contributed by atoms with E-state index in [-0.39, 0.29) is 11.8 Å². The van der Waals surface area contributed by atoms with Gasteiger partial charge in [0.1, 0.15) is 0 Å². The summed E-state index contributed by atoms with van der Waals surface area (Å²) in [6.07, 6.45) is 1.64. The van der Waals surface area contributed by atoms with Gasteiger partial charge in [0.05, 0.1) is 26.2 Å². The highest BCUT2D eigenvalue weighted by atomic mass is 16.5. The molecule has 0 aromatic heterocycles. The molecule has 2 amide bonds. The Morgan fingerprint density at radius 2 is 1.76 bits per heavy atom. The number of hydrogen-bond donors (Lipinski definition) is 1. The molecule has 174 valence electrons. The minimum atomic E-state index is -0.598. The molecule has 1 N–H and O–H groups in total. The number of aryl methyl sites for hydroxylation is 1. The molecule has 0 aliphatic carbocycles. The maximum absolute atomic E-state index is 13.9. The maximum atomic E-state index is 13.9. The summed E-state index contributed by atoms with van der Waals surface area (Å²) >= 11 is 0. The van der Waals surface area contributed by atoms with Gasteiger partial charge in [-0.1, -0.05) is 43.3 Å². The van der Waals surface area contributed by atoms with Crippen LogP contribution in [0.4, 0.5) is 5.69 Å². The third-order valence-electron chi connectivity index (χ3n) is 6.91. The van der Waals surface area contributed by atoms with Gasteiger partial charge in [0.15, 0.2) is 11.5 Å². The quantitative estimate of drug-likeness (QED) is 0.602. The molecule has 0 fully saturated rings. The van der Waals surface area contributed by atoms with Gasteiger partial charge in [0.25, 0.3) is 5.91 Å². The zero-order valence-electron chi connectivity index (χ0n) is 19.6. The lowest BCUT2D eigenvalue weighted by molar-refractivity contribution is -0.119. The summed E-state index contributed by atoms with van der Waals surface area (Å²) in [5.41, 5.74) is 5.23. The molecule has 0 unspecified atom stereocenters. The van der Waals surface area contributed by atoms with E-state index >= 15 is 0 Å². The average Bonchev–Trinajstić information content (AvgIpc) is 2.88. The van der Waals surface area contributed by atoms with Gasteiger partial charge in [-0.3, -0.25) is 9.59 Å². The van der Waals surface area contributed by atoms with Crippen molar-refractivity contribution in [3.8, 4) is 11.5 Å². The van der Waals surface area contributed by atoms with Gasteiger partial charge in [-0.2, -0.15) is 0 Å². The van der Waals surface area contributed by atoms with Gasteiger partial charge in [-0.25, -0.2) is 0 Å². The Hall–Kier alpha value is -3.80. The summed E-state index contributed by atoms with van der Waals surface area (Å²) in [5.74, 6) is 0.130. The van der Waals surface area contributed by atoms with E-state index < -0.39 is 12.0 Å². The van der Waals surface area contributed by atoms with Crippen LogP contribution in [0.3, 0.4) is 0 Å². The molecule has 0 saturated heterocycles. The van der Waals surface area contributed by atoms with E-state index in [0.717, 1.165) is 29.7 Å². The maximum Gasteiger partial charge on any atom is 0.254 e. The predicted molar refractivity (Wildman–Crippen MR) is 131 cm³/mol. The van der Waals surface area contributed by atoms with Crippen molar-refractivity contribution in [2.24, 2.45) is 0 Å². The SMILES string of the molecule is CCc1cccc(NC(=O)[C@H]2c3cc(OC)c(OC)cc3C(=O)N3CCc4ccccc4[C@@H]23)c1. The lowest BCUT2D eigenvalue weighted by atomic mass is 9.75. The van der Waals surface area contributed by atoms with Crippen molar-refractivity contribution >= 4 is 17.5 Å². The van der Waals surface area contributed by atoms with Crippen LogP contribution in [0.25, 0.3) is 0 Å². The lowest BCUT2D eigenvalue weighted by Gasteiger charge is -2.45. The fourth-order valence-electron chi connectivity index (χ4n) is 5.22. The first-order chi connectivity index (χ1) is 16.5. The van der Waals surface area contributed by atoms with Crippen LogP contribution in [0, 0.1) is 0 Å². The first kappa shape index (κ1) is 22.0. The second kappa shape index (κ2) is 8.86. The minimum absolute atomic E-state index is 0.0903. The second-order valence-corrected chi connectivity index (χ2v) is 8.71. The number of methoxy groups -OCH3 is 2. The Labute approximate surface area is 199 Å². The molecule has 2 aliphatic heterocycles. The molecular formula is C28H28N2O4. The van der Waals surface area contributed by atoms with E-state index in [2.05, 4.69) is 18.3 Å². The van der Waals surface area contributed by atoms with Crippen LogP contribution in [0.2, 0.25) is 0 Å². The summed E-state index contributed by atoms with van der Waals surface area (Å²) < 4.78 is 11.0. The van der Waals surface area contributed by atoms with Gasteiger partial charge in [-0.05, 0) is 59.4 Å². The first-order valence-corrected chi connectivity index (χ1v) is 11.6. The van der Waals surface area contributed by atoms with Crippen LogP contribution >= 0.6 is 0 Å². The summed E-state index contributed by atoms with van der Waals surface area (Å²) in [4.78, 5) is 29.4. The van der Waals surface area contributed by atoms with Crippen LogP contribution in [-0.4, -0.2) is 37.5 Å². The van der Waals surface area contributed by atoms with E-state index in [1.165, 1.54) is 5.56 Å².